The Morgan fingerprint density at radius 3 is 2.56 bits per heavy atom. The summed E-state index contributed by atoms with van der Waals surface area (Å²) in [6.45, 7) is 3.31. The number of phenols is 1. The molecule has 0 spiro atoms. The molecular weight excluding hydrogens is 448 g/mol. The van der Waals surface area contributed by atoms with Crippen molar-refractivity contribution in [1.29, 1.82) is 0 Å². The number of rotatable bonds is 4. The average molecular weight is 471 g/mol. The standard InChI is InChI=1S/C27H22N2O4S/c1-15-23(16(2)30)25(24-20-7-5-4-6-18(20)10-13-21(24)33-3)29-26(32)22(34-27(29)28-15)14-17-8-11-19(31)12-9-17/h4-14,25,31H,1-3H3/b22-14+/t25-/m0/s1. The molecule has 0 saturated carbocycles. The van der Waals surface area contributed by atoms with Crippen LogP contribution in [0.25, 0.3) is 16.8 Å². The number of hydrogen-bond acceptors (Lipinski definition) is 6. The van der Waals surface area contributed by atoms with Crippen LogP contribution in [0.1, 0.15) is 31.0 Å². The second kappa shape index (κ2) is 8.43. The van der Waals surface area contributed by atoms with E-state index in [0.29, 0.717) is 26.4 Å². The minimum absolute atomic E-state index is 0.144. The van der Waals surface area contributed by atoms with Crippen LogP contribution in [0.15, 0.2) is 81.7 Å². The van der Waals surface area contributed by atoms with Crippen molar-refractivity contribution in [3.63, 3.8) is 0 Å². The van der Waals surface area contributed by atoms with Crippen molar-refractivity contribution in [2.75, 3.05) is 7.11 Å². The number of phenolic OH excluding ortho intramolecular Hbond substituents is 1. The Bertz CT molecular complexity index is 1660. The summed E-state index contributed by atoms with van der Waals surface area (Å²) in [7, 11) is 1.59. The SMILES string of the molecule is COc1ccc2ccccc2c1[C@@H]1C(C(C)=O)=C(C)N=c2s/c(=C/c3ccc(O)cc3)c(=O)n21. The van der Waals surface area contributed by atoms with Gasteiger partial charge >= 0.3 is 0 Å². The molecule has 6 nitrogen and oxygen atoms in total. The average Bonchev–Trinajstić information content (AvgIpc) is 3.13. The van der Waals surface area contributed by atoms with Crippen LogP contribution in [0.3, 0.4) is 0 Å². The maximum absolute atomic E-state index is 13.7. The van der Waals surface area contributed by atoms with E-state index in [4.69, 9.17) is 4.74 Å². The summed E-state index contributed by atoms with van der Waals surface area (Å²) >= 11 is 1.28. The molecule has 5 rings (SSSR count). The van der Waals surface area contributed by atoms with Crippen molar-refractivity contribution in [1.82, 2.24) is 4.57 Å². The van der Waals surface area contributed by atoms with Gasteiger partial charge in [0.05, 0.1) is 17.7 Å². The van der Waals surface area contributed by atoms with Crippen LogP contribution in [0.4, 0.5) is 0 Å². The number of allylic oxidation sites excluding steroid dienone is 2. The zero-order chi connectivity index (χ0) is 24.0. The van der Waals surface area contributed by atoms with Gasteiger partial charge in [0.1, 0.15) is 11.5 Å². The van der Waals surface area contributed by atoms with Gasteiger partial charge in [-0.1, -0.05) is 53.8 Å². The number of thiazole rings is 1. The molecule has 0 bridgehead atoms. The van der Waals surface area contributed by atoms with E-state index in [2.05, 4.69) is 4.99 Å². The Labute approximate surface area is 199 Å². The Morgan fingerprint density at radius 1 is 1.12 bits per heavy atom. The van der Waals surface area contributed by atoms with Crippen molar-refractivity contribution < 1.29 is 14.6 Å². The molecule has 0 radical (unpaired) electrons. The molecule has 0 saturated heterocycles. The lowest BCUT2D eigenvalue weighted by atomic mass is 9.89. The van der Waals surface area contributed by atoms with E-state index in [1.807, 2.05) is 36.4 Å². The number of methoxy groups -OCH3 is 1. The van der Waals surface area contributed by atoms with Crippen molar-refractivity contribution in [2.45, 2.75) is 19.9 Å². The highest BCUT2D eigenvalue weighted by Gasteiger charge is 2.33. The quantitative estimate of drug-likeness (QED) is 0.493. The third kappa shape index (κ3) is 3.54. The first-order valence-corrected chi connectivity index (χ1v) is 11.6. The fourth-order valence-corrected chi connectivity index (χ4v) is 5.55. The van der Waals surface area contributed by atoms with E-state index in [-0.39, 0.29) is 17.1 Å². The van der Waals surface area contributed by atoms with Gasteiger partial charge in [0.15, 0.2) is 10.6 Å². The molecule has 34 heavy (non-hydrogen) atoms. The first-order chi connectivity index (χ1) is 16.4. The maximum Gasteiger partial charge on any atom is 0.271 e. The summed E-state index contributed by atoms with van der Waals surface area (Å²) in [6.07, 6.45) is 1.77. The fourth-order valence-electron chi connectivity index (χ4n) is 4.50. The van der Waals surface area contributed by atoms with Crippen molar-refractivity contribution in [3.05, 3.63) is 103 Å². The van der Waals surface area contributed by atoms with Gasteiger partial charge in [-0.2, -0.15) is 0 Å². The van der Waals surface area contributed by atoms with E-state index in [0.717, 1.165) is 21.9 Å². The number of carbonyl (C=O) groups is 1. The number of nitrogens with zero attached hydrogens (tertiary/aromatic N) is 2. The lowest BCUT2D eigenvalue weighted by Crippen LogP contribution is -2.39. The molecule has 170 valence electrons. The molecule has 1 N–H and O–H groups in total. The number of carbonyl (C=O) groups excluding carboxylic acids is 1. The van der Waals surface area contributed by atoms with Gasteiger partial charge in [-0.25, -0.2) is 4.99 Å². The molecule has 0 aliphatic carbocycles. The number of fused-ring (bicyclic) bond motifs is 2. The number of benzene rings is 3. The lowest BCUT2D eigenvalue weighted by Gasteiger charge is -2.27. The smallest absolute Gasteiger partial charge is 0.271 e. The zero-order valence-electron chi connectivity index (χ0n) is 18.9. The number of aromatic nitrogens is 1. The number of aromatic hydroxyl groups is 1. The van der Waals surface area contributed by atoms with E-state index in [9.17, 15) is 14.7 Å². The predicted molar refractivity (Wildman–Crippen MR) is 133 cm³/mol. The number of hydrogen-bond donors (Lipinski definition) is 1. The van der Waals surface area contributed by atoms with Crippen LogP contribution in [0, 0.1) is 0 Å². The summed E-state index contributed by atoms with van der Waals surface area (Å²) < 4.78 is 7.82. The Balaban J connectivity index is 1.86. The Kier molecular flexibility index (Phi) is 5.42. The Morgan fingerprint density at radius 2 is 1.85 bits per heavy atom. The van der Waals surface area contributed by atoms with Gasteiger partial charge in [0.2, 0.25) is 0 Å². The van der Waals surface area contributed by atoms with Crippen molar-refractivity contribution >= 4 is 34.0 Å². The van der Waals surface area contributed by atoms with E-state index >= 15 is 0 Å². The monoisotopic (exact) mass is 470 g/mol. The van der Waals surface area contributed by atoms with Crippen LogP contribution in [-0.4, -0.2) is 22.6 Å². The van der Waals surface area contributed by atoms with Crippen LogP contribution < -0.4 is 19.6 Å². The minimum Gasteiger partial charge on any atom is -0.508 e. The summed E-state index contributed by atoms with van der Waals surface area (Å²) in [5, 5.41) is 11.5. The zero-order valence-corrected chi connectivity index (χ0v) is 19.7. The highest BCUT2D eigenvalue weighted by atomic mass is 32.1. The third-order valence-electron chi connectivity index (χ3n) is 6.02. The van der Waals surface area contributed by atoms with Gasteiger partial charge < -0.3 is 9.84 Å². The molecule has 7 heteroatoms. The van der Waals surface area contributed by atoms with E-state index < -0.39 is 6.04 Å². The molecular formula is C27H22N2O4S. The van der Waals surface area contributed by atoms with Crippen LogP contribution in [0.2, 0.25) is 0 Å². The summed E-state index contributed by atoms with van der Waals surface area (Å²) in [5.41, 5.74) is 2.37. The summed E-state index contributed by atoms with van der Waals surface area (Å²) in [5.74, 6) is 0.614. The largest absolute Gasteiger partial charge is 0.508 e. The molecule has 0 amide bonds. The molecule has 3 aromatic carbocycles. The molecule has 1 aromatic heterocycles. The lowest BCUT2D eigenvalue weighted by molar-refractivity contribution is -0.114. The normalized spacial score (nSPS) is 15.9. The Hall–Kier alpha value is -3.97. The summed E-state index contributed by atoms with van der Waals surface area (Å²) in [4.78, 5) is 31.8. The molecule has 1 atom stereocenters. The van der Waals surface area contributed by atoms with Gasteiger partial charge in [-0.05, 0) is 54.5 Å². The van der Waals surface area contributed by atoms with Gasteiger partial charge in [-0.15, -0.1) is 0 Å². The molecule has 4 aromatic rings. The fraction of sp³-hybridized carbons (Fsp3) is 0.148. The topological polar surface area (TPSA) is 80.9 Å². The van der Waals surface area contributed by atoms with Crippen molar-refractivity contribution in [2.24, 2.45) is 4.99 Å². The first kappa shape index (κ1) is 21.9. The number of ether oxygens (including phenoxy) is 1. The third-order valence-corrected chi connectivity index (χ3v) is 7.00. The van der Waals surface area contributed by atoms with E-state index in [1.54, 1.807) is 48.9 Å². The first-order valence-electron chi connectivity index (χ1n) is 10.8. The highest BCUT2D eigenvalue weighted by molar-refractivity contribution is 7.07. The summed E-state index contributed by atoms with van der Waals surface area (Å²) in [6, 6.07) is 17.7. The second-order valence-electron chi connectivity index (χ2n) is 8.13. The molecule has 1 aliphatic rings. The van der Waals surface area contributed by atoms with Crippen LogP contribution in [0.5, 0.6) is 11.5 Å². The second-order valence-corrected chi connectivity index (χ2v) is 9.14. The van der Waals surface area contributed by atoms with Gasteiger partial charge in [0.25, 0.3) is 5.56 Å². The molecule has 0 fully saturated rings. The highest BCUT2D eigenvalue weighted by Crippen LogP contribution is 2.40. The van der Waals surface area contributed by atoms with Crippen molar-refractivity contribution in [3.8, 4) is 11.5 Å². The molecule has 0 unspecified atom stereocenters. The van der Waals surface area contributed by atoms with Gasteiger partial charge in [0, 0.05) is 16.8 Å². The van der Waals surface area contributed by atoms with E-state index in [1.165, 1.54) is 18.3 Å². The van der Waals surface area contributed by atoms with Crippen LogP contribution in [-0.2, 0) is 4.79 Å². The minimum atomic E-state index is -0.670. The number of Topliss-reactive ketones (excluding diaryl/α,β-unsaturated/α-hetero) is 1. The predicted octanol–water partition coefficient (Wildman–Crippen LogP) is 3.69. The molecule has 2 heterocycles. The van der Waals surface area contributed by atoms with Crippen LogP contribution >= 0.6 is 11.3 Å². The maximum atomic E-state index is 13.7. The molecule has 1 aliphatic heterocycles. The number of ketones is 1. The van der Waals surface area contributed by atoms with Gasteiger partial charge in [-0.3, -0.25) is 14.2 Å².